The Balaban J connectivity index is 0.000000195. The van der Waals surface area contributed by atoms with Crippen LogP contribution in [0.15, 0.2) is 268 Å². The maximum Gasteiger partial charge on any atom is 0.374 e. The van der Waals surface area contributed by atoms with Crippen LogP contribution in [-0.2, 0) is 26.6 Å². The second-order valence-electron chi connectivity index (χ2n) is 14.1. The van der Waals surface area contributed by atoms with Crippen molar-refractivity contribution >= 4 is 39.7 Å². The summed E-state index contributed by atoms with van der Waals surface area (Å²) < 4.78 is 50.6. The van der Waals surface area contributed by atoms with Crippen LogP contribution in [0.25, 0.3) is 0 Å². The highest BCUT2D eigenvalue weighted by molar-refractivity contribution is 7.97. The van der Waals surface area contributed by atoms with Crippen molar-refractivity contribution in [2.75, 3.05) is 0 Å². The van der Waals surface area contributed by atoms with Gasteiger partial charge in [-0.1, -0.05) is 117 Å². The summed E-state index contributed by atoms with van der Waals surface area (Å²) in [5.41, 5.74) is 0. The van der Waals surface area contributed by atoms with Gasteiger partial charge in [-0.15, -0.1) is 0 Å². The highest BCUT2D eigenvalue weighted by atomic mass is 32.2. The van der Waals surface area contributed by atoms with Crippen LogP contribution in [0.5, 0.6) is 0 Å². The fraction of sp³-hybridized carbons (Fsp3) is 0.0943. The van der Waals surface area contributed by atoms with E-state index >= 15 is 0 Å². The molecule has 0 aliphatic carbocycles. The number of rotatable bonds is 8. The molecule has 6 aromatic carbocycles. The van der Waals surface area contributed by atoms with Crippen LogP contribution >= 0.6 is 0 Å². The summed E-state index contributed by atoms with van der Waals surface area (Å²) in [6.07, 6.45) is 12.7. The topological polar surface area (TPSA) is 125 Å². The van der Waals surface area contributed by atoms with Gasteiger partial charge in [0.05, 0.1) is 21.8 Å². The van der Waals surface area contributed by atoms with Gasteiger partial charge >= 0.3 is 29.8 Å². The quantitative estimate of drug-likeness (QED) is 0.119. The second-order valence-corrected chi connectivity index (χ2v) is 18.1. The summed E-state index contributed by atoms with van der Waals surface area (Å²) in [7, 11) is -0.0293. The highest BCUT2D eigenvalue weighted by Crippen LogP contribution is 2.32. The van der Waals surface area contributed by atoms with Crippen molar-refractivity contribution < 1.29 is 37.1 Å². The number of hydrogen-bond donors (Lipinski definition) is 1. The van der Waals surface area contributed by atoms with Crippen molar-refractivity contribution in [2.24, 2.45) is 0 Å². The summed E-state index contributed by atoms with van der Waals surface area (Å²) in [6, 6.07) is 64.1. The van der Waals surface area contributed by atoms with E-state index in [2.05, 4.69) is 197 Å². The van der Waals surface area contributed by atoms with E-state index in [1.165, 1.54) is 63.6 Å². The summed E-state index contributed by atoms with van der Waals surface area (Å²) in [5, 5.41) is 7.50. The van der Waals surface area contributed by atoms with Crippen LogP contribution in [0, 0.1) is 0 Å². The van der Waals surface area contributed by atoms with Crippen LogP contribution in [0.1, 0.15) is 26.1 Å². The van der Waals surface area contributed by atoms with Gasteiger partial charge < -0.3 is 5.11 Å². The molecule has 1 N–H and O–H groups in total. The molecule has 9 aromatic rings. The first kappa shape index (κ1) is 53.8. The molecule has 0 amide bonds. The third-order valence-corrected chi connectivity index (χ3v) is 13.3. The molecule has 354 valence electrons. The number of carbonyl (C=O) groups excluding carboxylic acids is 2. The molecule has 3 aromatic heterocycles. The molecule has 9 rings (SSSR count). The first-order valence-electron chi connectivity index (χ1n) is 20.5. The molecule has 0 atom stereocenters. The van der Waals surface area contributed by atoms with E-state index in [0.29, 0.717) is 13.8 Å². The Morgan fingerprint density at radius 3 is 0.812 bits per heavy atom. The molecule has 0 saturated carbocycles. The van der Waals surface area contributed by atoms with Crippen molar-refractivity contribution in [1.82, 2.24) is 28.7 Å². The van der Waals surface area contributed by atoms with Gasteiger partial charge in [0.25, 0.3) is 0 Å². The van der Waals surface area contributed by atoms with Gasteiger partial charge in [0.2, 0.25) is 0 Å². The van der Waals surface area contributed by atoms with E-state index in [1.54, 1.807) is 24.8 Å². The zero-order valence-electron chi connectivity index (χ0n) is 36.7. The van der Waals surface area contributed by atoms with Crippen LogP contribution in [0.3, 0.4) is 0 Å². The highest BCUT2D eigenvalue weighted by Gasteiger charge is 2.33. The number of carboxylic acids is 1. The van der Waals surface area contributed by atoms with Gasteiger partial charge in [-0.3, -0.25) is 18.5 Å². The van der Waals surface area contributed by atoms with Crippen LogP contribution in [0.4, 0.5) is 22.4 Å². The molecular formula is C53H50F4N6O4S2+2. The largest absolute Gasteiger partial charge is 0.477 e. The van der Waals surface area contributed by atoms with Crippen LogP contribution in [-0.4, -0.2) is 63.5 Å². The molecular weight excluding hydrogens is 925 g/mol. The Hall–Kier alpha value is -7.82. The maximum atomic E-state index is 12.3. The molecule has 69 heavy (non-hydrogen) atoms. The number of hydrogen-bond acceptors (Lipinski definition) is 6. The summed E-state index contributed by atoms with van der Waals surface area (Å²) >= 11 is 0. The van der Waals surface area contributed by atoms with Gasteiger partial charge in [-0.05, 0) is 72.8 Å². The van der Waals surface area contributed by atoms with Crippen molar-refractivity contribution in [3.63, 3.8) is 0 Å². The number of alkyl halides is 4. The molecule has 0 radical (unpaired) electrons. The summed E-state index contributed by atoms with van der Waals surface area (Å²) in [6.45, 7) is 0.880. The smallest absolute Gasteiger partial charge is 0.374 e. The standard InChI is InChI=1S/2C18H15S.C7H6N4O.C6H6F2N2O.C3H4F2O2.CH4/c2*1-4-10-16(11-5-1)19(17-12-6-2-7-13-17)18-14-8-3-9-15-18;12-7(10-3-1-8-5-10)11-4-2-9-6-11;1-6(7,8)5(11)10-3-2-9-4-10;1-3(4,5)2(6)7;/h2*1-15H;1-6H;2-4H,1H3;1H3,(H,6,7);1H4/q2*+1;;;;. The molecule has 10 nitrogen and oxygen atoms in total. The lowest BCUT2D eigenvalue weighted by Gasteiger charge is -2.07. The zero-order valence-corrected chi connectivity index (χ0v) is 38.3. The van der Waals surface area contributed by atoms with E-state index < -0.39 is 23.7 Å². The lowest BCUT2D eigenvalue weighted by Crippen LogP contribution is -2.29. The fourth-order valence-corrected chi connectivity index (χ4v) is 9.85. The third-order valence-electron chi connectivity index (χ3n) is 8.81. The molecule has 3 heterocycles. The van der Waals surface area contributed by atoms with Gasteiger partial charge in [0.1, 0.15) is 19.0 Å². The van der Waals surface area contributed by atoms with E-state index in [9.17, 15) is 31.9 Å². The normalized spacial score (nSPS) is 10.6. The van der Waals surface area contributed by atoms with Gasteiger partial charge in [-0.25, -0.2) is 24.5 Å². The van der Waals surface area contributed by atoms with Gasteiger partial charge in [0, 0.05) is 51.0 Å². The van der Waals surface area contributed by atoms with E-state index in [-0.39, 0.29) is 35.2 Å². The summed E-state index contributed by atoms with van der Waals surface area (Å²) in [4.78, 5) is 50.5. The van der Waals surface area contributed by atoms with Crippen LogP contribution < -0.4 is 0 Å². The molecule has 16 heteroatoms. The lowest BCUT2D eigenvalue weighted by atomic mass is 10.3. The molecule has 0 spiro atoms. The Kier molecular flexibility index (Phi) is 21.1. The average molecular weight is 975 g/mol. The number of carboxylic acid groups (broad SMARTS) is 1. The minimum absolute atomic E-state index is 0. The van der Waals surface area contributed by atoms with Crippen molar-refractivity contribution in [2.45, 2.75) is 62.5 Å². The van der Waals surface area contributed by atoms with Gasteiger partial charge in [0.15, 0.2) is 29.4 Å². The number of benzene rings is 6. The Morgan fingerprint density at radius 2 is 0.638 bits per heavy atom. The predicted molar refractivity (Wildman–Crippen MR) is 262 cm³/mol. The SMILES string of the molecule is C.CC(F)(F)C(=O)O.CC(F)(F)C(=O)n1ccnc1.O=C(n1ccnc1)n1ccnc1.c1ccc([S+](c2ccccc2)c2ccccc2)cc1.c1ccc([S+](c2ccccc2)c2ccccc2)cc1. The number of aromatic nitrogens is 6. The third kappa shape index (κ3) is 17.1. The Labute approximate surface area is 404 Å². The first-order chi connectivity index (χ1) is 32.7. The molecule has 0 unspecified atom stereocenters. The molecule has 0 aliphatic heterocycles. The van der Waals surface area contributed by atoms with Crippen LogP contribution in [0.2, 0.25) is 0 Å². The summed E-state index contributed by atoms with van der Waals surface area (Å²) in [5.74, 6) is -10.3. The number of imidazole rings is 3. The lowest BCUT2D eigenvalue weighted by molar-refractivity contribution is -0.161. The minimum Gasteiger partial charge on any atom is -0.477 e. The Bertz CT molecular complexity index is 2460. The number of nitrogens with zero attached hydrogens (tertiary/aromatic N) is 6. The van der Waals surface area contributed by atoms with Crippen molar-refractivity contribution in [1.29, 1.82) is 0 Å². The van der Waals surface area contributed by atoms with E-state index in [4.69, 9.17) is 5.11 Å². The second kappa shape index (κ2) is 27.1. The number of carbonyl (C=O) groups is 3. The molecule has 0 fully saturated rings. The zero-order chi connectivity index (χ0) is 48.8. The minimum atomic E-state index is -3.58. The molecule has 0 saturated heterocycles. The maximum absolute atomic E-state index is 12.3. The monoisotopic (exact) mass is 974 g/mol. The number of aliphatic carboxylic acids is 1. The molecule has 0 bridgehead atoms. The van der Waals surface area contributed by atoms with Gasteiger partial charge in [-0.2, -0.15) is 17.6 Å². The van der Waals surface area contributed by atoms with E-state index in [1.807, 2.05) is 0 Å². The Morgan fingerprint density at radius 1 is 0.420 bits per heavy atom. The number of halogens is 4. The van der Waals surface area contributed by atoms with Crippen molar-refractivity contribution in [3.8, 4) is 0 Å². The van der Waals surface area contributed by atoms with Crippen molar-refractivity contribution in [3.05, 3.63) is 238 Å². The molecule has 0 aliphatic rings. The predicted octanol–water partition coefficient (Wildman–Crippen LogP) is 12.7. The first-order valence-corrected chi connectivity index (χ1v) is 23.0. The average Bonchev–Trinajstić information content (AvgIpc) is 4.20. The van der Waals surface area contributed by atoms with E-state index in [0.717, 1.165) is 10.9 Å². The fourth-order valence-electron chi connectivity index (χ4n) is 5.64.